The Kier molecular flexibility index (Phi) is 4.62. The third kappa shape index (κ3) is 3.58. The SMILES string of the molecule is COC(=O)c1ccc(-c2csc(NC(=O)c3cc(C)n(C)n3)n2)cc1. The first-order valence-electron chi connectivity index (χ1n) is 7.44. The van der Waals surface area contributed by atoms with Crippen LogP contribution in [-0.4, -0.2) is 33.8 Å². The lowest BCUT2D eigenvalue weighted by Crippen LogP contribution is -2.12. The number of aromatic nitrogens is 3. The van der Waals surface area contributed by atoms with Gasteiger partial charge in [-0.05, 0) is 25.1 Å². The summed E-state index contributed by atoms with van der Waals surface area (Å²) in [5.74, 6) is -0.686. The Labute approximate surface area is 148 Å². The van der Waals surface area contributed by atoms with Crippen molar-refractivity contribution < 1.29 is 14.3 Å². The number of thiazole rings is 1. The summed E-state index contributed by atoms with van der Waals surface area (Å²) in [7, 11) is 3.13. The van der Waals surface area contributed by atoms with Crippen LogP contribution in [0.2, 0.25) is 0 Å². The molecule has 0 spiro atoms. The van der Waals surface area contributed by atoms with Gasteiger partial charge in [-0.2, -0.15) is 5.10 Å². The van der Waals surface area contributed by atoms with Crippen molar-refractivity contribution in [3.05, 3.63) is 52.7 Å². The van der Waals surface area contributed by atoms with Crippen molar-refractivity contribution in [2.24, 2.45) is 7.05 Å². The van der Waals surface area contributed by atoms with Gasteiger partial charge >= 0.3 is 5.97 Å². The molecule has 0 aliphatic rings. The standard InChI is InChI=1S/C17H16N4O3S/c1-10-8-13(20-21(10)2)15(22)19-17-18-14(9-25-17)11-4-6-12(7-5-11)16(23)24-3/h4-9H,1-3H3,(H,18,19,22). The van der Waals surface area contributed by atoms with Crippen molar-refractivity contribution in [1.29, 1.82) is 0 Å². The molecule has 25 heavy (non-hydrogen) atoms. The quantitative estimate of drug-likeness (QED) is 0.727. The molecule has 1 N–H and O–H groups in total. The van der Waals surface area contributed by atoms with Gasteiger partial charge in [0.05, 0.1) is 18.4 Å². The van der Waals surface area contributed by atoms with Crippen molar-refractivity contribution in [1.82, 2.24) is 14.8 Å². The molecule has 3 aromatic rings. The predicted octanol–water partition coefficient (Wildman–Crippen LogP) is 2.89. The first-order chi connectivity index (χ1) is 12.0. The van der Waals surface area contributed by atoms with E-state index in [9.17, 15) is 9.59 Å². The summed E-state index contributed by atoms with van der Waals surface area (Å²) in [6, 6.07) is 8.64. The number of esters is 1. The molecule has 0 aliphatic heterocycles. The van der Waals surface area contributed by atoms with E-state index >= 15 is 0 Å². The molecule has 0 aliphatic carbocycles. The zero-order valence-electron chi connectivity index (χ0n) is 13.9. The molecule has 0 bridgehead atoms. The van der Waals surface area contributed by atoms with Crippen molar-refractivity contribution >= 4 is 28.3 Å². The molecule has 8 heteroatoms. The molecule has 1 aromatic carbocycles. The zero-order chi connectivity index (χ0) is 18.0. The minimum absolute atomic E-state index is 0.300. The fourth-order valence-corrected chi connectivity index (χ4v) is 2.91. The normalized spacial score (nSPS) is 10.5. The van der Waals surface area contributed by atoms with E-state index in [-0.39, 0.29) is 11.9 Å². The minimum Gasteiger partial charge on any atom is -0.465 e. The van der Waals surface area contributed by atoms with Crippen LogP contribution in [0.4, 0.5) is 5.13 Å². The van der Waals surface area contributed by atoms with Crippen molar-refractivity contribution in [3.8, 4) is 11.3 Å². The Morgan fingerprint density at radius 3 is 2.56 bits per heavy atom. The van der Waals surface area contributed by atoms with E-state index in [1.165, 1.54) is 18.4 Å². The van der Waals surface area contributed by atoms with E-state index in [4.69, 9.17) is 0 Å². The molecule has 0 atom stereocenters. The highest BCUT2D eigenvalue weighted by molar-refractivity contribution is 7.14. The van der Waals surface area contributed by atoms with Crippen LogP contribution in [0.3, 0.4) is 0 Å². The third-order valence-electron chi connectivity index (χ3n) is 3.67. The second-order valence-electron chi connectivity index (χ2n) is 5.36. The van der Waals surface area contributed by atoms with Crippen LogP contribution in [0, 0.1) is 6.92 Å². The molecular weight excluding hydrogens is 340 g/mol. The average Bonchev–Trinajstić information content (AvgIpc) is 3.21. The minimum atomic E-state index is -0.386. The lowest BCUT2D eigenvalue weighted by Gasteiger charge is -2.01. The van der Waals surface area contributed by atoms with Gasteiger partial charge in [-0.15, -0.1) is 11.3 Å². The maximum Gasteiger partial charge on any atom is 0.337 e. The Morgan fingerprint density at radius 2 is 1.96 bits per heavy atom. The number of nitrogens with one attached hydrogen (secondary N) is 1. The summed E-state index contributed by atoms with van der Waals surface area (Å²) in [4.78, 5) is 28.1. The molecule has 0 fully saturated rings. The van der Waals surface area contributed by atoms with Crippen molar-refractivity contribution in [2.45, 2.75) is 6.92 Å². The number of ether oxygens (including phenoxy) is 1. The highest BCUT2D eigenvalue weighted by Crippen LogP contribution is 2.25. The molecule has 1 amide bonds. The number of nitrogens with zero attached hydrogens (tertiary/aromatic N) is 3. The van der Waals surface area contributed by atoms with Gasteiger partial charge in [-0.3, -0.25) is 14.8 Å². The van der Waals surface area contributed by atoms with E-state index in [1.54, 1.807) is 42.1 Å². The molecule has 0 radical (unpaired) electrons. The summed E-state index contributed by atoms with van der Waals surface area (Å²) >= 11 is 1.32. The number of carbonyl (C=O) groups is 2. The average molecular weight is 356 g/mol. The van der Waals surface area contributed by atoms with Crippen molar-refractivity contribution in [3.63, 3.8) is 0 Å². The van der Waals surface area contributed by atoms with Crippen LogP contribution in [0.1, 0.15) is 26.5 Å². The summed E-state index contributed by atoms with van der Waals surface area (Å²) < 4.78 is 6.32. The van der Waals surface area contributed by atoms with Crippen molar-refractivity contribution in [2.75, 3.05) is 12.4 Å². The number of anilines is 1. The molecule has 7 nitrogen and oxygen atoms in total. The summed E-state index contributed by atoms with van der Waals surface area (Å²) in [5, 5.41) is 9.22. The van der Waals surface area contributed by atoms with Crippen LogP contribution < -0.4 is 5.32 Å². The zero-order valence-corrected chi connectivity index (χ0v) is 14.8. The number of hydrogen-bond donors (Lipinski definition) is 1. The van der Waals surface area contributed by atoms with E-state index < -0.39 is 0 Å². The molecular formula is C17H16N4O3S. The van der Waals surface area contributed by atoms with Gasteiger partial charge in [0, 0.05) is 23.7 Å². The molecule has 2 heterocycles. The topological polar surface area (TPSA) is 86.1 Å². The van der Waals surface area contributed by atoms with Gasteiger partial charge in [0.25, 0.3) is 5.91 Å². The Hall–Kier alpha value is -3.00. The monoisotopic (exact) mass is 356 g/mol. The van der Waals surface area contributed by atoms with Gasteiger partial charge in [-0.1, -0.05) is 12.1 Å². The highest BCUT2D eigenvalue weighted by Gasteiger charge is 2.14. The van der Waals surface area contributed by atoms with E-state index in [0.717, 1.165) is 11.3 Å². The number of amides is 1. The number of aryl methyl sites for hydroxylation is 2. The second kappa shape index (κ2) is 6.86. The predicted molar refractivity (Wildman–Crippen MR) is 94.8 cm³/mol. The van der Waals surface area contributed by atoms with Gasteiger partial charge in [-0.25, -0.2) is 9.78 Å². The second-order valence-corrected chi connectivity index (χ2v) is 6.21. The molecule has 0 saturated carbocycles. The fourth-order valence-electron chi connectivity index (χ4n) is 2.19. The number of rotatable bonds is 4. The van der Waals surface area contributed by atoms with Gasteiger partial charge < -0.3 is 4.74 Å². The molecule has 0 saturated heterocycles. The first kappa shape index (κ1) is 16.8. The lowest BCUT2D eigenvalue weighted by molar-refractivity contribution is 0.0600. The largest absolute Gasteiger partial charge is 0.465 e. The number of hydrogen-bond acceptors (Lipinski definition) is 6. The number of carbonyl (C=O) groups excluding carboxylic acids is 2. The third-order valence-corrected chi connectivity index (χ3v) is 4.43. The van der Waals surface area contributed by atoms with Crippen LogP contribution in [0.25, 0.3) is 11.3 Å². The molecule has 128 valence electrons. The number of benzene rings is 1. The lowest BCUT2D eigenvalue weighted by atomic mass is 10.1. The number of methoxy groups -OCH3 is 1. The van der Waals surface area contributed by atoms with Gasteiger partial charge in [0.2, 0.25) is 0 Å². The summed E-state index contributed by atoms with van der Waals surface area (Å²) in [5.41, 5.74) is 3.28. The first-order valence-corrected chi connectivity index (χ1v) is 8.32. The van der Waals surface area contributed by atoms with Crippen LogP contribution in [0.15, 0.2) is 35.7 Å². The maximum absolute atomic E-state index is 12.2. The fraction of sp³-hybridized carbons (Fsp3) is 0.176. The van der Waals surface area contributed by atoms with Crippen LogP contribution in [0.5, 0.6) is 0 Å². The van der Waals surface area contributed by atoms with E-state index in [1.807, 2.05) is 12.3 Å². The Bertz CT molecular complexity index is 908. The molecule has 0 unspecified atom stereocenters. The highest BCUT2D eigenvalue weighted by atomic mass is 32.1. The van der Waals surface area contributed by atoms with Crippen LogP contribution in [-0.2, 0) is 11.8 Å². The van der Waals surface area contributed by atoms with E-state index in [0.29, 0.717) is 22.1 Å². The van der Waals surface area contributed by atoms with Crippen LogP contribution >= 0.6 is 11.3 Å². The van der Waals surface area contributed by atoms with E-state index in [2.05, 4.69) is 20.1 Å². The smallest absolute Gasteiger partial charge is 0.337 e. The van der Waals surface area contributed by atoms with Gasteiger partial charge in [0.1, 0.15) is 0 Å². The van der Waals surface area contributed by atoms with Gasteiger partial charge in [0.15, 0.2) is 10.8 Å². The Balaban J connectivity index is 1.73. The molecule has 2 aromatic heterocycles. The maximum atomic E-state index is 12.2. The summed E-state index contributed by atoms with van der Waals surface area (Å²) in [6.07, 6.45) is 0. The Morgan fingerprint density at radius 1 is 1.24 bits per heavy atom. The molecule has 3 rings (SSSR count). The summed E-state index contributed by atoms with van der Waals surface area (Å²) in [6.45, 7) is 1.88.